The lowest BCUT2D eigenvalue weighted by molar-refractivity contribution is 0.869. The Bertz CT molecular complexity index is 480. The quantitative estimate of drug-likeness (QED) is 0.859. The van der Waals surface area contributed by atoms with Crippen LogP contribution in [0.1, 0.15) is 28.3 Å². The lowest BCUT2D eigenvalue weighted by atomic mass is 9.96. The molecule has 0 heterocycles. The molecule has 0 amide bonds. The van der Waals surface area contributed by atoms with Crippen molar-refractivity contribution in [3.05, 3.63) is 70.8 Å². The van der Waals surface area contributed by atoms with Gasteiger partial charge in [0, 0.05) is 0 Å². The van der Waals surface area contributed by atoms with Crippen molar-refractivity contribution in [2.45, 2.75) is 19.9 Å². The fourth-order valence-electron chi connectivity index (χ4n) is 1.81. The van der Waals surface area contributed by atoms with Gasteiger partial charge in [-0.2, -0.15) is 0 Å². The molecule has 2 aromatic rings. The third kappa shape index (κ3) is 3.09. The highest BCUT2D eigenvalue weighted by atomic mass is 35.5. The van der Waals surface area contributed by atoms with Crippen LogP contribution in [0.15, 0.2) is 48.5 Å². The molecular weight excluding hydrogens is 230 g/mol. The topological polar surface area (TPSA) is 26.0 Å². The highest BCUT2D eigenvalue weighted by molar-refractivity contribution is 5.85. The molecule has 0 radical (unpaired) electrons. The number of halogens is 1. The highest BCUT2D eigenvalue weighted by Gasteiger charge is 2.08. The van der Waals surface area contributed by atoms with Gasteiger partial charge in [-0.1, -0.05) is 48.5 Å². The first-order valence-corrected chi connectivity index (χ1v) is 5.56. The number of hydrogen-bond acceptors (Lipinski definition) is 1. The summed E-state index contributed by atoms with van der Waals surface area (Å²) >= 11 is 0. The van der Waals surface area contributed by atoms with E-state index in [0.717, 1.165) is 5.56 Å². The SMILES string of the molecule is Cc1ccc(C(N)c2ccccc2)cc1C.Cl. The van der Waals surface area contributed by atoms with Gasteiger partial charge in [-0.3, -0.25) is 0 Å². The Kier molecular flexibility index (Phi) is 4.73. The molecule has 0 aliphatic carbocycles. The maximum atomic E-state index is 6.24. The minimum atomic E-state index is -0.0273. The molecule has 0 aromatic heterocycles. The Morgan fingerprint density at radius 2 is 1.47 bits per heavy atom. The van der Waals surface area contributed by atoms with Crippen LogP contribution in [0.25, 0.3) is 0 Å². The predicted molar refractivity (Wildman–Crippen MR) is 75.6 cm³/mol. The van der Waals surface area contributed by atoms with E-state index in [2.05, 4.69) is 44.2 Å². The van der Waals surface area contributed by atoms with E-state index in [0.29, 0.717) is 0 Å². The average Bonchev–Trinajstić information content (AvgIpc) is 2.33. The van der Waals surface area contributed by atoms with Gasteiger partial charge in [-0.05, 0) is 36.1 Å². The normalized spacial score (nSPS) is 11.7. The molecule has 1 atom stereocenters. The number of aryl methyl sites for hydroxylation is 2. The van der Waals surface area contributed by atoms with Gasteiger partial charge in [0.05, 0.1) is 6.04 Å². The van der Waals surface area contributed by atoms with Gasteiger partial charge in [0.15, 0.2) is 0 Å². The molecule has 0 fully saturated rings. The van der Waals surface area contributed by atoms with Crippen molar-refractivity contribution in [2.24, 2.45) is 5.73 Å². The second-order valence-corrected chi connectivity index (χ2v) is 4.23. The Morgan fingerprint density at radius 3 is 2.06 bits per heavy atom. The zero-order valence-electron chi connectivity index (χ0n) is 10.2. The molecule has 0 aliphatic rings. The molecule has 2 aromatic carbocycles. The molecule has 2 rings (SSSR count). The van der Waals surface area contributed by atoms with Crippen LogP contribution in [0.4, 0.5) is 0 Å². The minimum Gasteiger partial charge on any atom is -0.320 e. The van der Waals surface area contributed by atoms with Crippen LogP contribution in [0.5, 0.6) is 0 Å². The van der Waals surface area contributed by atoms with Crippen molar-refractivity contribution in [1.29, 1.82) is 0 Å². The molecule has 2 heteroatoms. The van der Waals surface area contributed by atoms with Crippen LogP contribution in [-0.4, -0.2) is 0 Å². The Morgan fingerprint density at radius 1 is 0.824 bits per heavy atom. The summed E-state index contributed by atoms with van der Waals surface area (Å²) in [6.45, 7) is 4.24. The lowest BCUT2D eigenvalue weighted by Gasteiger charge is -2.14. The van der Waals surface area contributed by atoms with E-state index < -0.39 is 0 Å². The van der Waals surface area contributed by atoms with E-state index >= 15 is 0 Å². The first-order chi connectivity index (χ1) is 7.68. The van der Waals surface area contributed by atoms with Crippen LogP contribution in [-0.2, 0) is 0 Å². The maximum absolute atomic E-state index is 6.24. The van der Waals surface area contributed by atoms with E-state index in [1.165, 1.54) is 16.7 Å². The van der Waals surface area contributed by atoms with Crippen LogP contribution in [0, 0.1) is 13.8 Å². The minimum absolute atomic E-state index is 0. The molecule has 0 saturated heterocycles. The van der Waals surface area contributed by atoms with E-state index in [1.54, 1.807) is 0 Å². The van der Waals surface area contributed by atoms with Crippen LogP contribution < -0.4 is 5.73 Å². The highest BCUT2D eigenvalue weighted by Crippen LogP contribution is 2.21. The van der Waals surface area contributed by atoms with Gasteiger partial charge in [0.2, 0.25) is 0 Å². The molecule has 0 bridgehead atoms. The van der Waals surface area contributed by atoms with Gasteiger partial charge in [-0.25, -0.2) is 0 Å². The summed E-state index contributed by atoms with van der Waals surface area (Å²) < 4.78 is 0. The number of nitrogens with two attached hydrogens (primary N) is 1. The van der Waals surface area contributed by atoms with Crippen LogP contribution in [0.3, 0.4) is 0 Å². The van der Waals surface area contributed by atoms with Crippen molar-refractivity contribution in [3.8, 4) is 0 Å². The van der Waals surface area contributed by atoms with Gasteiger partial charge in [0.1, 0.15) is 0 Å². The zero-order valence-corrected chi connectivity index (χ0v) is 11.0. The standard InChI is InChI=1S/C15H17N.ClH/c1-11-8-9-14(10-12(11)2)15(16)13-6-4-3-5-7-13;/h3-10,15H,16H2,1-2H3;1H. The molecular formula is C15H18ClN. The Labute approximate surface area is 109 Å². The van der Waals surface area contributed by atoms with E-state index in [4.69, 9.17) is 5.73 Å². The van der Waals surface area contributed by atoms with Gasteiger partial charge in [0.25, 0.3) is 0 Å². The largest absolute Gasteiger partial charge is 0.320 e. The average molecular weight is 248 g/mol. The predicted octanol–water partition coefficient (Wildman–Crippen LogP) is 3.77. The van der Waals surface area contributed by atoms with E-state index in [1.807, 2.05) is 18.2 Å². The van der Waals surface area contributed by atoms with Crippen molar-refractivity contribution < 1.29 is 0 Å². The monoisotopic (exact) mass is 247 g/mol. The molecule has 2 N–H and O–H groups in total. The maximum Gasteiger partial charge on any atom is 0.0551 e. The molecule has 0 saturated carbocycles. The van der Waals surface area contributed by atoms with E-state index in [9.17, 15) is 0 Å². The van der Waals surface area contributed by atoms with Crippen LogP contribution >= 0.6 is 12.4 Å². The summed E-state index contributed by atoms with van der Waals surface area (Å²) in [4.78, 5) is 0. The summed E-state index contributed by atoms with van der Waals surface area (Å²) in [6.07, 6.45) is 0. The zero-order chi connectivity index (χ0) is 11.5. The lowest BCUT2D eigenvalue weighted by Crippen LogP contribution is -2.11. The Balaban J connectivity index is 0.00000144. The summed E-state index contributed by atoms with van der Waals surface area (Å²) in [7, 11) is 0. The summed E-state index contributed by atoms with van der Waals surface area (Å²) in [5.41, 5.74) is 11.2. The molecule has 17 heavy (non-hydrogen) atoms. The molecule has 1 nitrogen and oxygen atoms in total. The smallest absolute Gasteiger partial charge is 0.0551 e. The molecule has 0 aliphatic heterocycles. The third-order valence-electron chi connectivity index (χ3n) is 3.05. The van der Waals surface area contributed by atoms with Crippen molar-refractivity contribution in [2.75, 3.05) is 0 Å². The number of hydrogen-bond donors (Lipinski definition) is 1. The van der Waals surface area contributed by atoms with Crippen molar-refractivity contribution >= 4 is 12.4 Å². The van der Waals surface area contributed by atoms with E-state index in [-0.39, 0.29) is 18.4 Å². The Hall–Kier alpha value is -1.31. The van der Waals surface area contributed by atoms with Crippen LogP contribution in [0.2, 0.25) is 0 Å². The summed E-state index contributed by atoms with van der Waals surface area (Å²) in [5, 5.41) is 0. The van der Waals surface area contributed by atoms with Crippen molar-refractivity contribution in [3.63, 3.8) is 0 Å². The summed E-state index contributed by atoms with van der Waals surface area (Å²) in [5.74, 6) is 0. The first kappa shape index (κ1) is 13.8. The summed E-state index contributed by atoms with van der Waals surface area (Å²) in [6, 6.07) is 16.6. The first-order valence-electron chi connectivity index (χ1n) is 5.56. The number of benzene rings is 2. The third-order valence-corrected chi connectivity index (χ3v) is 3.05. The van der Waals surface area contributed by atoms with Gasteiger partial charge in [-0.15, -0.1) is 12.4 Å². The van der Waals surface area contributed by atoms with Gasteiger partial charge < -0.3 is 5.73 Å². The second kappa shape index (κ2) is 5.85. The second-order valence-electron chi connectivity index (χ2n) is 4.23. The number of rotatable bonds is 2. The molecule has 90 valence electrons. The van der Waals surface area contributed by atoms with Gasteiger partial charge >= 0.3 is 0 Å². The van der Waals surface area contributed by atoms with Crippen molar-refractivity contribution in [1.82, 2.24) is 0 Å². The molecule has 0 spiro atoms. The fraction of sp³-hybridized carbons (Fsp3) is 0.200. The molecule has 1 unspecified atom stereocenters. The fourth-order valence-corrected chi connectivity index (χ4v) is 1.81.